The normalized spacial score (nSPS) is 11.7. The molecule has 1 radical (unpaired) electrons. The molecule has 0 saturated carbocycles. The monoisotopic (exact) mass is 427 g/mol. The minimum atomic E-state index is -1.28. The number of hydrogen-bond donors (Lipinski definition) is 1. The molecular formula is C26H39O3Si. The van der Waals surface area contributed by atoms with E-state index in [0.29, 0.717) is 5.75 Å². The van der Waals surface area contributed by atoms with Gasteiger partial charge >= 0.3 is 9.28 Å². The zero-order valence-corrected chi connectivity index (χ0v) is 20.4. The molecule has 0 fully saturated rings. The zero-order valence-electron chi connectivity index (χ0n) is 19.4. The van der Waals surface area contributed by atoms with Crippen LogP contribution in [0, 0.1) is 0 Å². The summed E-state index contributed by atoms with van der Waals surface area (Å²) in [5, 5.41) is 10.1. The van der Waals surface area contributed by atoms with Crippen molar-refractivity contribution in [2.24, 2.45) is 0 Å². The molecule has 0 aromatic heterocycles. The largest absolute Gasteiger partial charge is 0.508 e. The first-order chi connectivity index (χ1) is 14.4. The topological polar surface area (TPSA) is 38.7 Å². The standard InChI is InChI=1S/C26H39O3Si/c1-6-7-8-10-22-12-14-23(15-13-22)26-17-16-25(27)19-24(26)11-9-18-30(28-20(2)3)29-21(4)5/h12-17,19-21,27H,6-11,18H2,1-5H3. The van der Waals surface area contributed by atoms with E-state index in [0.717, 1.165) is 25.3 Å². The number of hydrogen-bond acceptors (Lipinski definition) is 3. The molecule has 1 N–H and O–H groups in total. The first kappa shape index (κ1) is 24.6. The molecule has 0 aliphatic carbocycles. The van der Waals surface area contributed by atoms with E-state index < -0.39 is 9.28 Å². The van der Waals surface area contributed by atoms with Crippen LogP contribution in [0.1, 0.15) is 71.4 Å². The second-order valence-electron chi connectivity index (χ2n) is 8.55. The summed E-state index contributed by atoms with van der Waals surface area (Å²) in [6.45, 7) is 10.5. The minimum absolute atomic E-state index is 0.185. The van der Waals surface area contributed by atoms with Crippen LogP contribution in [-0.2, 0) is 21.7 Å². The lowest BCUT2D eigenvalue weighted by Crippen LogP contribution is -2.29. The third kappa shape index (κ3) is 8.63. The maximum absolute atomic E-state index is 10.1. The molecule has 2 aromatic rings. The Labute approximate surface area is 185 Å². The molecule has 0 heterocycles. The molecule has 4 heteroatoms. The number of phenols is 1. The van der Waals surface area contributed by atoms with Crippen LogP contribution in [-0.4, -0.2) is 26.6 Å². The third-order valence-corrected chi connectivity index (χ3v) is 7.21. The van der Waals surface area contributed by atoms with Crippen molar-refractivity contribution in [3.05, 3.63) is 53.6 Å². The molecule has 3 nitrogen and oxygen atoms in total. The Bertz CT molecular complexity index is 730. The smallest absolute Gasteiger partial charge is 0.385 e. The van der Waals surface area contributed by atoms with Crippen molar-refractivity contribution in [1.29, 1.82) is 0 Å². The Morgan fingerprint density at radius 3 is 2.10 bits per heavy atom. The molecule has 0 aliphatic rings. The number of benzene rings is 2. The lowest BCUT2D eigenvalue weighted by Gasteiger charge is -2.20. The van der Waals surface area contributed by atoms with Crippen LogP contribution < -0.4 is 0 Å². The number of phenolic OH excluding ortho intramolecular Hbond substituents is 1. The molecule has 30 heavy (non-hydrogen) atoms. The van der Waals surface area contributed by atoms with E-state index in [4.69, 9.17) is 8.85 Å². The van der Waals surface area contributed by atoms with Crippen LogP contribution >= 0.6 is 0 Å². The SMILES string of the molecule is CCCCCc1ccc(-c2ccc(O)cc2CCC[Si](OC(C)C)OC(C)C)cc1. The highest BCUT2D eigenvalue weighted by Gasteiger charge is 2.19. The summed E-state index contributed by atoms with van der Waals surface area (Å²) in [4.78, 5) is 0. The first-order valence-electron chi connectivity index (χ1n) is 11.5. The van der Waals surface area contributed by atoms with Gasteiger partial charge in [0.15, 0.2) is 0 Å². The van der Waals surface area contributed by atoms with E-state index in [1.807, 2.05) is 12.1 Å². The highest BCUT2D eigenvalue weighted by molar-refractivity contribution is 6.44. The first-order valence-corrected chi connectivity index (χ1v) is 13.0. The van der Waals surface area contributed by atoms with Crippen molar-refractivity contribution in [3.8, 4) is 16.9 Å². The Balaban J connectivity index is 2.05. The molecule has 2 aromatic carbocycles. The average Bonchev–Trinajstić information content (AvgIpc) is 2.68. The van der Waals surface area contributed by atoms with Crippen molar-refractivity contribution in [2.75, 3.05) is 0 Å². The Kier molecular flexibility index (Phi) is 10.6. The van der Waals surface area contributed by atoms with Gasteiger partial charge < -0.3 is 14.0 Å². The molecule has 0 spiro atoms. The maximum atomic E-state index is 10.1. The molecule has 0 bridgehead atoms. The van der Waals surface area contributed by atoms with E-state index >= 15 is 0 Å². The van der Waals surface area contributed by atoms with Crippen LogP contribution in [0.4, 0.5) is 0 Å². The predicted octanol–water partition coefficient (Wildman–Crippen LogP) is 7.06. The van der Waals surface area contributed by atoms with E-state index in [-0.39, 0.29) is 12.2 Å². The van der Waals surface area contributed by atoms with Gasteiger partial charge in [0.05, 0.1) is 0 Å². The second kappa shape index (κ2) is 12.9. The fourth-order valence-corrected chi connectivity index (χ4v) is 5.40. The van der Waals surface area contributed by atoms with Crippen molar-refractivity contribution in [3.63, 3.8) is 0 Å². The minimum Gasteiger partial charge on any atom is -0.508 e. The van der Waals surface area contributed by atoms with Gasteiger partial charge in [0, 0.05) is 12.2 Å². The van der Waals surface area contributed by atoms with E-state index in [1.54, 1.807) is 6.07 Å². The molecule has 165 valence electrons. The summed E-state index contributed by atoms with van der Waals surface area (Å²) in [6, 6.07) is 15.6. The van der Waals surface area contributed by atoms with Crippen molar-refractivity contribution in [2.45, 2.75) is 91.4 Å². The Hall–Kier alpha value is -1.62. The molecule has 0 aliphatic heterocycles. The van der Waals surface area contributed by atoms with Gasteiger partial charge in [0.2, 0.25) is 0 Å². The summed E-state index contributed by atoms with van der Waals surface area (Å²) in [5.74, 6) is 0.326. The number of unbranched alkanes of at least 4 members (excludes halogenated alkanes) is 2. The zero-order chi connectivity index (χ0) is 21.9. The quantitative estimate of drug-likeness (QED) is 0.275. The van der Waals surface area contributed by atoms with E-state index in [1.165, 1.54) is 41.5 Å². The van der Waals surface area contributed by atoms with Crippen molar-refractivity contribution >= 4 is 9.28 Å². The van der Waals surface area contributed by atoms with Crippen LogP contribution in [0.2, 0.25) is 6.04 Å². The molecule has 2 rings (SSSR count). The van der Waals surface area contributed by atoms with Gasteiger partial charge in [0.25, 0.3) is 0 Å². The predicted molar refractivity (Wildman–Crippen MR) is 128 cm³/mol. The molecular weight excluding hydrogens is 388 g/mol. The summed E-state index contributed by atoms with van der Waals surface area (Å²) in [5.41, 5.74) is 5.00. The lowest BCUT2D eigenvalue weighted by atomic mass is 9.95. The third-order valence-electron chi connectivity index (χ3n) is 4.98. The Morgan fingerprint density at radius 1 is 0.833 bits per heavy atom. The summed E-state index contributed by atoms with van der Waals surface area (Å²) < 4.78 is 12.0. The Morgan fingerprint density at radius 2 is 1.50 bits per heavy atom. The number of rotatable bonds is 13. The van der Waals surface area contributed by atoms with E-state index in [2.05, 4.69) is 58.9 Å². The maximum Gasteiger partial charge on any atom is 0.385 e. The highest BCUT2D eigenvalue weighted by atomic mass is 28.3. The van der Waals surface area contributed by atoms with Crippen LogP contribution in [0.3, 0.4) is 0 Å². The van der Waals surface area contributed by atoms with E-state index in [9.17, 15) is 5.11 Å². The molecule has 0 saturated heterocycles. The number of aryl methyl sites for hydroxylation is 2. The van der Waals surface area contributed by atoms with Crippen LogP contribution in [0.5, 0.6) is 5.75 Å². The molecule has 0 unspecified atom stereocenters. The second-order valence-corrected chi connectivity index (χ2v) is 10.3. The fourth-order valence-electron chi connectivity index (χ4n) is 3.59. The van der Waals surface area contributed by atoms with Crippen molar-refractivity contribution in [1.82, 2.24) is 0 Å². The summed E-state index contributed by atoms with van der Waals surface area (Å²) in [7, 11) is -1.28. The van der Waals surface area contributed by atoms with Gasteiger partial charge in [-0.25, -0.2) is 0 Å². The summed E-state index contributed by atoms with van der Waals surface area (Å²) in [6.07, 6.45) is 7.19. The van der Waals surface area contributed by atoms with Crippen LogP contribution in [0.25, 0.3) is 11.1 Å². The van der Waals surface area contributed by atoms with Gasteiger partial charge in [-0.1, -0.05) is 50.1 Å². The van der Waals surface area contributed by atoms with Gasteiger partial charge in [-0.3, -0.25) is 0 Å². The lowest BCUT2D eigenvalue weighted by molar-refractivity contribution is 0.129. The van der Waals surface area contributed by atoms with Crippen molar-refractivity contribution < 1.29 is 14.0 Å². The van der Waals surface area contributed by atoms with Gasteiger partial charge in [0.1, 0.15) is 5.75 Å². The fraction of sp³-hybridized carbons (Fsp3) is 0.538. The van der Waals surface area contributed by atoms with Gasteiger partial charge in [-0.05, 0) is 93.8 Å². The van der Waals surface area contributed by atoms with Crippen LogP contribution in [0.15, 0.2) is 42.5 Å². The summed E-state index contributed by atoms with van der Waals surface area (Å²) >= 11 is 0. The molecule has 0 atom stereocenters. The average molecular weight is 428 g/mol. The van der Waals surface area contributed by atoms with Gasteiger partial charge in [-0.15, -0.1) is 0 Å². The highest BCUT2D eigenvalue weighted by Crippen LogP contribution is 2.29. The van der Waals surface area contributed by atoms with Gasteiger partial charge in [-0.2, -0.15) is 0 Å². The molecule has 0 amide bonds. The number of aromatic hydroxyl groups is 1.